The molecule has 0 saturated heterocycles. The predicted octanol–water partition coefficient (Wildman–Crippen LogP) is 3.04. The van der Waals surface area contributed by atoms with Crippen molar-refractivity contribution in [1.29, 1.82) is 0 Å². The molecular weight excluding hydrogens is 334 g/mol. The van der Waals surface area contributed by atoms with Crippen LogP contribution in [0, 0.1) is 5.92 Å². The second kappa shape index (κ2) is 5.92. The Morgan fingerprint density at radius 3 is 2.68 bits per heavy atom. The molecule has 0 spiro atoms. The molecule has 0 aromatic heterocycles. The van der Waals surface area contributed by atoms with Gasteiger partial charge in [0.25, 0.3) is 5.91 Å². The molecule has 102 valence electrons. The number of nitrogens with zero attached hydrogens (tertiary/aromatic N) is 1. The second-order valence-electron chi connectivity index (χ2n) is 4.62. The lowest BCUT2D eigenvalue weighted by molar-refractivity contribution is -0.137. The summed E-state index contributed by atoms with van der Waals surface area (Å²) in [6, 6.07) is 5.05. The zero-order valence-corrected chi connectivity index (χ0v) is 12.4. The number of rotatable bonds is 5. The highest BCUT2D eigenvalue weighted by Gasteiger charge is 2.29. The molecule has 0 radical (unpaired) electrons. The average Bonchev–Trinajstić information content (AvgIpc) is 3.14. The molecule has 0 heterocycles. The molecule has 19 heavy (non-hydrogen) atoms. The number of carbonyl (C=O) groups is 2. The van der Waals surface area contributed by atoms with Crippen molar-refractivity contribution in [3.05, 3.63) is 33.3 Å². The van der Waals surface area contributed by atoms with Crippen molar-refractivity contribution in [3.8, 4) is 0 Å². The van der Waals surface area contributed by atoms with E-state index in [1.807, 2.05) is 0 Å². The van der Waals surface area contributed by atoms with Gasteiger partial charge in [-0.25, -0.2) is 0 Å². The maximum Gasteiger partial charge on any atom is 0.323 e. The first-order valence-electron chi connectivity index (χ1n) is 5.94. The van der Waals surface area contributed by atoms with Gasteiger partial charge in [0.15, 0.2) is 0 Å². The second-order valence-corrected chi connectivity index (χ2v) is 5.86. The van der Waals surface area contributed by atoms with Crippen molar-refractivity contribution in [2.24, 2.45) is 5.92 Å². The Morgan fingerprint density at radius 1 is 1.42 bits per heavy atom. The van der Waals surface area contributed by atoms with Gasteiger partial charge in [0, 0.05) is 11.0 Å². The highest BCUT2D eigenvalue weighted by atomic mass is 79.9. The van der Waals surface area contributed by atoms with Crippen LogP contribution in [0.1, 0.15) is 23.2 Å². The molecule has 2 rings (SSSR count). The summed E-state index contributed by atoms with van der Waals surface area (Å²) >= 11 is 9.34. The molecule has 1 amide bonds. The number of carboxylic acid groups (broad SMARTS) is 1. The largest absolute Gasteiger partial charge is 0.480 e. The summed E-state index contributed by atoms with van der Waals surface area (Å²) in [5, 5.41) is 9.22. The van der Waals surface area contributed by atoms with E-state index in [1.54, 1.807) is 18.2 Å². The van der Waals surface area contributed by atoms with Crippen molar-refractivity contribution < 1.29 is 14.7 Å². The lowest BCUT2D eigenvalue weighted by atomic mass is 10.2. The highest BCUT2D eigenvalue weighted by Crippen LogP contribution is 2.31. The topological polar surface area (TPSA) is 57.6 Å². The SMILES string of the molecule is O=C(O)CN(CC1CC1)C(=O)c1cccc(Br)c1Cl. The van der Waals surface area contributed by atoms with E-state index in [2.05, 4.69) is 15.9 Å². The van der Waals surface area contributed by atoms with Gasteiger partial charge >= 0.3 is 5.97 Å². The molecule has 1 N–H and O–H groups in total. The molecule has 4 nitrogen and oxygen atoms in total. The fraction of sp³-hybridized carbons (Fsp3) is 0.385. The van der Waals surface area contributed by atoms with Gasteiger partial charge in [-0.3, -0.25) is 9.59 Å². The molecule has 0 aliphatic heterocycles. The van der Waals surface area contributed by atoms with Crippen molar-refractivity contribution >= 4 is 39.4 Å². The number of hydrogen-bond acceptors (Lipinski definition) is 2. The Bertz CT molecular complexity index is 517. The van der Waals surface area contributed by atoms with Crippen molar-refractivity contribution in [3.63, 3.8) is 0 Å². The minimum absolute atomic E-state index is 0.293. The molecule has 1 fully saturated rings. The third-order valence-electron chi connectivity index (χ3n) is 2.97. The maximum absolute atomic E-state index is 12.4. The summed E-state index contributed by atoms with van der Waals surface area (Å²) in [6.45, 7) is 0.187. The number of amides is 1. The number of benzene rings is 1. The maximum atomic E-state index is 12.4. The third-order valence-corrected chi connectivity index (χ3v) is 4.27. The van der Waals surface area contributed by atoms with E-state index < -0.39 is 5.97 Å². The molecule has 1 aromatic carbocycles. The Labute approximate surface area is 124 Å². The molecule has 1 saturated carbocycles. The van der Waals surface area contributed by atoms with Crippen LogP contribution in [-0.2, 0) is 4.79 Å². The zero-order chi connectivity index (χ0) is 14.0. The molecule has 0 unspecified atom stereocenters. The van der Waals surface area contributed by atoms with Crippen LogP contribution in [0.5, 0.6) is 0 Å². The van der Waals surface area contributed by atoms with Crippen LogP contribution in [0.15, 0.2) is 22.7 Å². The van der Waals surface area contributed by atoms with E-state index in [9.17, 15) is 9.59 Å². The van der Waals surface area contributed by atoms with E-state index in [1.165, 1.54) is 4.90 Å². The molecule has 1 aromatic rings. The fourth-order valence-electron chi connectivity index (χ4n) is 1.83. The van der Waals surface area contributed by atoms with Crippen molar-refractivity contribution in [2.75, 3.05) is 13.1 Å². The molecule has 6 heteroatoms. The molecule has 0 atom stereocenters. The van der Waals surface area contributed by atoms with Crippen LogP contribution in [0.2, 0.25) is 5.02 Å². The number of aliphatic carboxylic acids is 1. The minimum atomic E-state index is -1.01. The van der Waals surface area contributed by atoms with Crippen LogP contribution < -0.4 is 0 Å². The van der Waals surface area contributed by atoms with Gasteiger partial charge in [0.05, 0.1) is 10.6 Å². The van der Waals surface area contributed by atoms with Crippen molar-refractivity contribution in [2.45, 2.75) is 12.8 Å². The Hall–Kier alpha value is -1.07. The van der Waals surface area contributed by atoms with Gasteiger partial charge in [0.2, 0.25) is 0 Å². The standard InChI is InChI=1S/C13H13BrClNO3/c14-10-3-1-2-9(12(10)15)13(19)16(7-11(17)18)6-8-4-5-8/h1-3,8H,4-7H2,(H,17,18). The molecule has 1 aliphatic rings. The quantitative estimate of drug-likeness (QED) is 0.891. The first kappa shape index (κ1) is 14.3. The zero-order valence-electron chi connectivity index (χ0n) is 10.1. The normalized spacial score (nSPS) is 14.2. The summed E-state index contributed by atoms with van der Waals surface area (Å²) in [6.07, 6.45) is 2.10. The summed E-state index contributed by atoms with van der Waals surface area (Å²) in [5.74, 6) is -0.921. The van der Waals surface area contributed by atoms with Crippen LogP contribution in [-0.4, -0.2) is 35.0 Å². The van der Waals surface area contributed by atoms with E-state index in [0.29, 0.717) is 27.5 Å². The summed E-state index contributed by atoms with van der Waals surface area (Å²) in [7, 11) is 0. The van der Waals surface area contributed by atoms with E-state index in [4.69, 9.17) is 16.7 Å². The summed E-state index contributed by atoms with van der Waals surface area (Å²) < 4.78 is 0.627. The fourth-order valence-corrected chi connectivity index (χ4v) is 2.41. The molecule has 0 bridgehead atoms. The van der Waals surface area contributed by atoms with E-state index in [-0.39, 0.29) is 12.5 Å². The molecule has 1 aliphatic carbocycles. The number of halogens is 2. The average molecular weight is 347 g/mol. The van der Waals surface area contributed by atoms with E-state index in [0.717, 1.165) is 12.8 Å². The van der Waals surface area contributed by atoms with Gasteiger partial charge in [-0.15, -0.1) is 0 Å². The first-order valence-corrected chi connectivity index (χ1v) is 7.11. The van der Waals surface area contributed by atoms with Crippen LogP contribution in [0.3, 0.4) is 0 Å². The minimum Gasteiger partial charge on any atom is -0.480 e. The van der Waals surface area contributed by atoms with Crippen LogP contribution >= 0.6 is 27.5 Å². The highest BCUT2D eigenvalue weighted by molar-refractivity contribution is 9.10. The lowest BCUT2D eigenvalue weighted by Gasteiger charge is -2.21. The van der Waals surface area contributed by atoms with Gasteiger partial charge in [-0.05, 0) is 46.8 Å². The predicted molar refractivity (Wildman–Crippen MR) is 75.4 cm³/mol. The van der Waals surface area contributed by atoms with Gasteiger partial charge in [0.1, 0.15) is 6.54 Å². The Morgan fingerprint density at radius 2 is 2.11 bits per heavy atom. The third kappa shape index (κ3) is 3.70. The lowest BCUT2D eigenvalue weighted by Crippen LogP contribution is -2.37. The van der Waals surface area contributed by atoms with Crippen LogP contribution in [0.4, 0.5) is 0 Å². The summed E-state index contributed by atoms with van der Waals surface area (Å²) in [5.41, 5.74) is 0.331. The first-order chi connectivity index (χ1) is 8.99. The van der Waals surface area contributed by atoms with Gasteiger partial charge in [-0.1, -0.05) is 17.7 Å². The number of carbonyl (C=O) groups excluding carboxylic acids is 1. The smallest absolute Gasteiger partial charge is 0.323 e. The van der Waals surface area contributed by atoms with Crippen molar-refractivity contribution in [1.82, 2.24) is 4.90 Å². The Balaban J connectivity index is 2.21. The van der Waals surface area contributed by atoms with Gasteiger partial charge < -0.3 is 10.0 Å². The summed E-state index contributed by atoms with van der Waals surface area (Å²) in [4.78, 5) is 24.6. The van der Waals surface area contributed by atoms with Gasteiger partial charge in [-0.2, -0.15) is 0 Å². The Kier molecular flexibility index (Phi) is 4.47. The van der Waals surface area contributed by atoms with E-state index >= 15 is 0 Å². The van der Waals surface area contributed by atoms with Crippen LogP contribution in [0.25, 0.3) is 0 Å². The number of carboxylic acids is 1. The molecular formula is C13H13BrClNO3. The number of hydrogen-bond donors (Lipinski definition) is 1. The monoisotopic (exact) mass is 345 g/mol.